The summed E-state index contributed by atoms with van der Waals surface area (Å²) in [5.74, 6) is -0.0940. The molecule has 0 aliphatic carbocycles. The van der Waals surface area contributed by atoms with Gasteiger partial charge in [-0.3, -0.25) is 0 Å². The summed E-state index contributed by atoms with van der Waals surface area (Å²) in [6.45, 7) is 5.06. The fourth-order valence-electron chi connectivity index (χ4n) is 3.54. The number of carbonyl (C=O) groups is 1. The minimum Gasteiger partial charge on any atom is -0.481 e. The molecule has 1 aliphatic rings. The van der Waals surface area contributed by atoms with E-state index >= 15 is 0 Å². The summed E-state index contributed by atoms with van der Waals surface area (Å²) in [6.07, 6.45) is 0. The number of carbonyl (C=O) groups excluding carboxylic acids is 1. The first-order chi connectivity index (χ1) is 14.6. The van der Waals surface area contributed by atoms with Crippen LogP contribution in [0, 0.1) is 0 Å². The Labute approximate surface area is 186 Å². The molecule has 0 unspecified atom stereocenters. The molecule has 0 N–H and O–H groups in total. The van der Waals surface area contributed by atoms with E-state index in [0.29, 0.717) is 37.9 Å². The highest BCUT2D eigenvalue weighted by atomic mass is 35.5. The largest absolute Gasteiger partial charge is 0.481 e. The quantitative estimate of drug-likeness (QED) is 0.377. The minimum absolute atomic E-state index is 0.240. The minimum atomic E-state index is -3.61. The molecule has 0 spiro atoms. The van der Waals surface area contributed by atoms with Gasteiger partial charge in [0.1, 0.15) is 11.4 Å². The van der Waals surface area contributed by atoms with Crippen molar-refractivity contribution in [3.8, 4) is 28.0 Å². The van der Waals surface area contributed by atoms with Crippen LogP contribution in [-0.2, 0) is 19.4 Å². The Kier molecular flexibility index (Phi) is 5.31. The fourth-order valence-corrected chi connectivity index (χ4v) is 5.42. The van der Waals surface area contributed by atoms with Gasteiger partial charge in [0.05, 0.1) is 9.79 Å². The SMILES string of the molecule is CC(C)(C)OC(=O)COc1ccc(Cl)cc1-c1ccc2c(c1)S(=O)(=O)c1ccccc1-2. The highest BCUT2D eigenvalue weighted by Gasteiger charge is 2.33. The normalized spacial score (nSPS) is 13.9. The van der Waals surface area contributed by atoms with Crippen LogP contribution >= 0.6 is 11.6 Å². The molecule has 0 amide bonds. The molecule has 1 aliphatic heterocycles. The van der Waals surface area contributed by atoms with Gasteiger partial charge in [-0.05, 0) is 56.7 Å². The second-order valence-corrected chi connectivity index (χ2v) is 10.5. The van der Waals surface area contributed by atoms with Crippen molar-refractivity contribution < 1.29 is 22.7 Å². The van der Waals surface area contributed by atoms with Gasteiger partial charge in [-0.25, -0.2) is 13.2 Å². The zero-order valence-electron chi connectivity index (χ0n) is 17.3. The second-order valence-electron chi connectivity index (χ2n) is 8.23. The van der Waals surface area contributed by atoms with Crippen molar-refractivity contribution in [1.82, 2.24) is 0 Å². The van der Waals surface area contributed by atoms with Gasteiger partial charge >= 0.3 is 5.97 Å². The first-order valence-electron chi connectivity index (χ1n) is 9.69. The van der Waals surface area contributed by atoms with E-state index < -0.39 is 21.4 Å². The molecule has 160 valence electrons. The van der Waals surface area contributed by atoms with Crippen LogP contribution in [0.1, 0.15) is 20.8 Å². The Hall–Kier alpha value is -2.83. The molecular formula is C24H21ClO5S. The summed E-state index contributed by atoms with van der Waals surface area (Å²) < 4.78 is 37.1. The second kappa shape index (κ2) is 7.70. The number of halogens is 1. The predicted octanol–water partition coefficient (Wildman–Crippen LogP) is 5.54. The summed E-state index contributed by atoms with van der Waals surface area (Å²) >= 11 is 6.20. The van der Waals surface area contributed by atoms with Crippen LogP contribution in [0.15, 0.2) is 70.5 Å². The fraction of sp³-hybridized carbons (Fsp3) is 0.208. The predicted molar refractivity (Wildman–Crippen MR) is 119 cm³/mol. The number of hydrogen-bond donors (Lipinski definition) is 0. The number of benzene rings is 3. The average molecular weight is 457 g/mol. The maximum atomic E-state index is 13.0. The van der Waals surface area contributed by atoms with Crippen LogP contribution in [0.25, 0.3) is 22.3 Å². The maximum Gasteiger partial charge on any atom is 0.344 e. The van der Waals surface area contributed by atoms with Crippen LogP contribution in [0.4, 0.5) is 0 Å². The summed E-state index contributed by atoms with van der Waals surface area (Å²) in [6, 6.07) is 17.1. The first kappa shape index (κ1) is 21.4. The van der Waals surface area contributed by atoms with E-state index in [1.165, 1.54) is 0 Å². The number of sulfone groups is 1. The van der Waals surface area contributed by atoms with E-state index in [2.05, 4.69) is 0 Å². The van der Waals surface area contributed by atoms with E-state index in [1.54, 1.807) is 69.3 Å². The van der Waals surface area contributed by atoms with E-state index in [0.717, 1.165) is 0 Å². The number of rotatable bonds is 4. The topological polar surface area (TPSA) is 69.7 Å². The number of fused-ring (bicyclic) bond motifs is 3. The third-order valence-corrected chi connectivity index (χ3v) is 6.84. The standard InChI is InChI=1S/C24H21ClO5S/c1-24(2,3)30-23(26)14-29-20-11-9-16(25)13-19(20)15-8-10-18-17-6-4-5-7-21(17)31(27,28)22(18)12-15/h4-13H,14H2,1-3H3. The van der Waals surface area contributed by atoms with Gasteiger partial charge in [0.25, 0.3) is 0 Å². The Morgan fingerprint density at radius 2 is 1.61 bits per heavy atom. The van der Waals surface area contributed by atoms with Gasteiger partial charge < -0.3 is 9.47 Å². The summed E-state index contributed by atoms with van der Waals surface area (Å²) in [5.41, 5.74) is 1.95. The zero-order valence-corrected chi connectivity index (χ0v) is 18.9. The lowest BCUT2D eigenvalue weighted by atomic mass is 10.00. The maximum absolute atomic E-state index is 13.0. The van der Waals surface area contributed by atoms with Crippen molar-refractivity contribution in [2.75, 3.05) is 6.61 Å². The molecule has 0 saturated heterocycles. The lowest BCUT2D eigenvalue weighted by Crippen LogP contribution is -2.27. The van der Waals surface area contributed by atoms with Crippen LogP contribution in [0.3, 0.4) is 0 Å². The Morgan fingerprint density at radius 3 is 2.35 bits per heavy atom. The molecule has 31 heavy (non-hydrogen) atoms. The van der Waals surface area contributed by atoms with Gasteiger partial charge in [-0.15, -0.1) is 0 Å². The molecule has 0 bridgehead atoms. The van der Waals surface area contributed by atoms with Crippen molar-refractivity contribution in [3.63, 3.8) is 0 Å². The molecule has 0 aromatic heterocycles. The van der Waals surface area contributed by atoms with Gasteiger partial charge in [0, 0.05) is 21.7 Å². The van der Waals surface area contributed by atoms with E-state index in [-0.39, 0.29) is 11.5 Å². The molecule has 0 saturated carbocycles. The lowest BCUT2D eigenvalue weighted by Gasteiger charge is -2.20. The molecule has 3 aromatic carbocycles. The summed E-state index contributed by atoms with van der Waals surface area (Å²) in [5, 5.41) is 0.464. The first-order valence-corrected chi connectivity index (χ1v) is 11.6. The number of esters is 1. The van der Waals surface area contributed by atoms with Gasteiger partial charge in [-0.2, -0.15) is 0 Å². The Balaban J connectivity index is 1.71. The Morgan fingerprint density at radius 1 is 0.903 bits per heavy atom. The van der Waals surface area contributed by atoms with Crippen molar-refractivity contribution >= 4 is 27.4 Å². The number of ether oxygens (including phenoxy) is 2. The molecule has 0 radical (unpaired) electrons. The van der Waals surface area contributed by atoms with Crippen molar-refractivity contribution in [3.05, 3.63) is 65.7 Å². The molecule has 0 fully saturated rings. The zero-order chi connectivity index (χ0) is 22.4. The third kappa shape index (κ3) is 4.18. The van der Waals surface area contributed by atoms with E-state index in [1.807, 2.05) is 12.1 Å². The average Bonchev–Trinajstić information content (AvgIpc) is 2.93. The van der Waals surface area contributed by atoms with E-state index in [9.17, 15) is 13.2 Å². The summed E-state index contributed by atoms with van der Waals surface area (Å²) in [4.78, 5) is 12.6. The van der Waals surface area contributed by atoms with Crippen LogP contribution in [-0.4, -0.2) is 26.6 Å². The van der Waals surface area contributed by atoms with Gasteiger partial charge in [0.15, 0.2) is 6.61 Å². The van der Waals surface area contributed by atoms with Crippen LogP contribution < -0.4 is 4.74 Å². The third-order valence-electron chi connectivity index (χ3n) is 4.76. The van der Waals surface area contributed by atoms with Crippen molar-refractivity contribution in [2.45, 2.75) is 36.2 Å². The molecule has 1 heterocycles. The van der Waals surface area contributed by atoms with Crippen LogP contribution in [0.2, 0.25) is 5.02 Å². The van der Waals surface area contributed by atoms with Crippen molar-refractivity contribution in [1.29, 1.82) is 0 Å². The van der Waals surface area contributed by atoms with Gasteiger partial charge in [-0.1, -0.05) is 41.9 Å². The summed E-state index contributed by atoms with van der Waals surface area (Å²) in [7, 11) is -3.61. The van der Waals surface area contributed by atoms with E-state index in [4.69, 9.17) is 21.1 Å². The highest BCUT2D eigenvalue weighted by Crippen LogP contribution is 2.45. The Bertz CT molecular complexity index is 1290. The smallest absolute Gasteiger partial charge is 0.344 e. The molecule has 0 atom stereocenters. The molecular weight excluding hydrogens is 436 g/mol. The van der Waals surface area contributed by atoms with Crippen LogP contribution in [0.5, 0.6) is 5.75 Å². The number of hydrogen-bond acceptors (Lipinski definition) is 5. The highest BCUT2D eigenvalue weighted by molar-refractivity contribution is 7.92. The molecule has 7 heteroatoms. The molecule has 4 rings (SSSR count). The van der Waals surface area contributed by atoms with Gasteiger partial charge in [0.2, 0.25) is 9.84 Å². The lowest BCUT2D eigenvalue weighted by molar-refractivity contribution is -0.157. The molecule has 5 nitrogen and oxygen atoms in total. The monoisotopic (exact) mass is 456 g/mol. The van der Waals surface area contributed by atoms with Crippen molar-refractivity contribution in [2.24, 2.45) is 0 Å². The molecule has 3 aromatic rings.